The van der Waals surface area contributed by atoms with Gasteiger partial charge in [-0.3, -0.25) is 4.99 Å². The standard InChI is InChI=1S/C5H6ClNO/c1-4(8)5(6)3-7-2/h3,8H,1-2H2/b5-3+. The van der Waals surface area contributed by atoms with Gasteiger partial charge in [0.05, 0.1) is 5.03 Å². The van der Waals surface area contributed by atoms with E-state index in [1.165, 1.54) is 6.20 Å². The van der Waals surface area contributed by atoms with Gasteiger partial charge >= 0.3 is 0 Å². The number of halogens is 1. The summed E-state index contributed by atoms with van der Waals surface area (Å²) in [6.07, 6.45) is 1.21. The second kappa shape index (κ2) is 3.27. The molecule has 0 unspecified atom stereocenters. The summed E-state index contributed by atoms with van der Waals surface area (Å²) in [4.78, 5) is 3.29. The van der Waals surface area contributed by atoms with E-state index in [1.807, 2.05) is 0 Å². The number of aliphatic hydroxyl groups is 1. The summed E-state index contributed by atoms with van der Waals surface area (Å²) in [5.74, 6) is -0.195. The fourth-order valence-corrected chi connectivity index (χ4v) is 0.224. The normalized spacial score (nSPS) is 10.9. The van der Waals surface area contributed by atoms with Gasteiger partial charge in [0.25, 0.3) is 0 Å². The molecule has 0 rings (SSSR count). The van der Waals surface area contributed by atoms with E-state index in [0.717, 1.165) is 0 Å². The maximum absolute atomic E-state index is 8.47. The first kappa shape index (κ1) is 7.24. The SMILES string of the molecule is C=N/C=C(/Cl)C(=C)O. The number of hydrogen-bond donors (Lipinski definition) is 1. The van der Waals surface area contributed by atoms with Gasteiger partial charge in [0, 0.05) is 6.20 Å². The van der Waals surface area contributed by atoms with Crippen LogP contribution in [0.1, 0.15) is 0 Å². The van der Waals surface area contributed by atoms with E-state index < -0.39 is 0 Å². The Hall–Kier alpha value is -0.760. The zero-order valence-corrected chi connectivity index (χ0v) is 5.02. The molecule has 0 atom stereocenters. The highest BCUT2D eigenvalue weighted by atomic mass is 35.5. The van der Waals surface area contributed by atoms with Crippen molar-refractivity contribution in [3.63, 3.8) is 0 Å². The minimum atomic E-state index is -0.195. The molecule has 3 heteroatoms. The molecule has 8 heavy (non-hydrogen) atoms. The molecule has 0 aliphatic carbocycles. The third-order valence-corrected chi connectivity index (χ3v) is 0.796. The fourth-order valence-electron chi connectivity index (χ4n) is 0.155. The van der Waals surface area contributed by atoms with Crippen LogP contribution in [0.2, 0.25) is 0 Å². The Balaban J connectivity index is 3.99. The van der Waals surface area contributed by atoms with Crippen molar-refractivity contribution < 1.29 is 5.11 Å². The molecular formula is C5H6ClNO. The lowest BCUT2D eigenvalue weighted by atomic mass is 10.5. The van der Waals surface area contributed by atoms with Gasteiger partial charge < -0.3 is 5.11 Å². The largest absolute Gasteiger partial charge is 0.507 e. The van der Waals surface area contributed by atoms with Crippen LogP contribution in [0, 0.1) is 0 Å². The van der Waals surface area contributed by atoms with Gasteiger partial charge in [-0.2, -0.15) is 0 Å². The van der Waals surface area contributed by atoms with Crippen LogP contribution in [0.5, 0.6) is 0 Å². The second-order valence-electron chi connectivity index (χ2n) is 1.11. The highest BCUT2D eigenvalue weighted by molar-refractivity contribution is 6.31. The van der Waals surface area contributed by atoms with Gasteiger partial charge in [0.15, 0.2) is 0 Å². The van der Waals surface area contributed by atoms with Crippen LogP contribution >= 0.6 is 11.6 Å². The summed E-state index contributed by atoms with van der Waals surface area (Å²) >= 11 is 5.29. The molecule has 0 aromatic rings. The molecule has 1 N–H and O–H groups in total. The summed E-state index contributed by atoms with van der Waals surface area (Å²) in [5.41, 5.74) is 0. The monoisotopic (exact) mass is 131 g/mol. The smallest absolute Gasteiger partial charge is 0.128 e. The summed E-state index contributed by atoms with van der Waals surface area (Å²) in [6.45, 7) is 6.26. The third kappa shape index (κ3) is 2.42. The molecule has 0 aromatic carbocycles. The highest BCUT2D eigenvalue weighted by Gasteiger charge is 1.90. The molecule has 0 amide bonds. The highest BCUT2D eigenvalue weighted by Crippen LogP contribution is 2.07. The molecule has 0 aliphatic heterocycles. The lowest BCUT2D eigenvalue weighted by molar-refractivity contribution is 0.432. The third-order valence-electron chi connectivity index (χ3n) is 0.480. The predicted molar refractivity (Wildman–Crippen MR) is 35.3 cm³/mol. The van der Waals surface area contributed by atoms with E-state index >= 15 is 0 Å². The molecule has 0 spiro atoms. The molecule has 0 heterocycles. The Morgan fingerprint density at radius 3 is 2.38 bits per heavy atom. The quantitative estimate of drug-likeness (QED) is 0.346. The fraction of sp³-hybridized carbons (Fsp3) is 0. The van der Waals surface area contributed by atoms with Gasteiger partial charge in [-0.05, 0) is 6.72 Å². The van der Waals surface area contributed by atoms with E-state index in [1.54, 1.807) is 0 Å². The van der Waals surface area contributed by atoms with Gasteiger partial charge in [-0.25, -0.2) is 0 Å². The van der Waals surface area contributed by atoms with Gasteiger partial charge in [0.2, 0.25) is 0 Å². The zero-order chi connectivity index (χ0) is 6.57. The van der Waals surface area contributed by atoms with Crippen LogP contribution in [0.4, 0.5) is 0 Å². The van der Waals surface area contributed by atoms with Crippen molar-refractivity contribution in [2.24, 2.45) is 4.99 Å². The maximum Gasteiger partial charge on any atom is 0.128 e. The Kier molecular flexibility index (Phi) is 2.96. The summed E-state index contributed by atoms with van der Waals surface area (Å²) in [7, 11) is 0. The van der Waals surface area contributed by atoms with Crippen LogP contribution in [0.25, 0.3) is 0 Å². The van der Waals surface area contributed by atoms with E-state index in [0.29, 0.717) is 0 Å². The number of hydrogen-bond acceptors (Lipinski definition) is 2. The van der Waals surface area contributed by atoms with E-state index in [9.17, 15) is 0 Å². The molecule has 0 saturated carbocycles. The molecule has 0 aromatic heterocycles. The molecular weight excluding hydrogens is 126 g/mol. The lowest BCUT2D eigenvalue weighted by Gasteiger charge is -1.88. The predicted octanol–water partition coefficient (Wildman–Crippen LogP) is 1.84. The number of aliphatic imine (C=N–C) groups is 1. The molecule has 0 radical (unpaired) electrons. The van der Waals surface area contributed by atoms with Crippen molar-refractivity contribution in [2.45, 2.75) is 0 Å². The molecule has 2 nitrogen and oxygen atoms in total. The average Bonchev–Trinajstić information content (AvgIpc) is 1.67. The number of allylic oxidation sites excluding steroid dienone is 1. The minimum Gasteiger partial charge on any atom is -0.507 e. The first-order valence-electron chi connectivity index (χ1n) is 1.88. The van der Waals surface area contributed by atoms with Crippen molar-refractivity contribution in [3.05, 3.63) is 23.6 Å². The van der Waals surface area contributed by atoms with Gasteiger partial charge in [-0.15, -0.1) is 0 Å². The molecule has 0 fully saturated rings. The molecule has 0 bridgehead atoms. The summed E-state index contributed by atoms with van der Waals surface area (Å²) in [5, 5.41) is 8.58. The van der Waals surface area contributed by atoms with Crippen LogP contribution < -0.4 is 0 Å². The van der Waals surface area contributed by atoms with Crippen LogP contribution in [0.15, 0.2) is 28.6 Å². The molecule has 0 aliphatic rings. The van der Waals surface area contributed by atoms with Crippen molar-refractivity contribution in [2.75, 3.05) is 0 Å². The first-order chi connectivity index (χ1) is 3.68. The van der Waals surface area contributed by atoms with Crippen molar-refractivity contribution >= 4 is 18.3 Å². The van der Waals surface area contributed by atoms with Gasteiger partial charge in [-0.1, -0.05) is 18.2 Å². The maximum atomic E-state index is 8.47. The molecule has 44 valence electrons. The molecule has 0 saturated heterocycles. The average molecular weight is 132 g/mol. The van der Waals surface area contributed by atoms with E-state index in [-0.39, 0.29) is 10.8 Å². The second-order valence-corrected chi connectivity index (χ2v) is 1.51. The van der Waals surface area contributed by atoms with Crippen molar-refractivity contribution in [1.82, 2.24) is 0 Å². The number of nitrogens with zero attached hydrogens (tertiary/aromatic N) is 1. The minimum absolute atomic E-state index is 0.111. The Labute approximate surface area is 52.8 Å². The topological polar surface area (TPSA) is 32.6 Å². The summed E-state index contributed by atoms with van der Waals surface area (Å²) in [6, 6.07) is 0. The zero-order valence-electron chi connectivity index (χ0n) is 4.26. The van der Waals surface area contributed by atoms with Crippen molar-refractivity contribution in [1.29, 1.82) is 0 Å². The number of aliphatic hydroxyl groups excluding tert-OH is 1. The van der Waals surface area contributed by atoms with Crippen LogP contribution in [-0.2, 0) is 0 Å². The van der Waals surface area contributed by atoms with E-state index in [2.05, 4.69) is 18.3 Å². The number of rotatable bonds is 2. The van der Waals surface area contributed by atoms with Gasteiger partial charge in [0.1, 0.15) is 5.76 Å². The van der Waals surface area contributed by atoms with Crippen LogP contribution in [0.3, 0.4) is 0 Å². The first-order valence-corrected chi connectivity index (χ1v) is 2.26. The van der Waals surface area contributed by atoms with Crippen molar-refractivity contribution in [3.8, 4) is 0 Å². The van der Waals surface area contributed by atoms with Crippen LogP contribution in [-0.4, -0.2) is 11.8 Å². The Morgan fingerprint density at radius 2 is 2.25 bits per heavy atom. The Bertz CT molecular complexity index is 139. The summed E-state index contributed by atoms with van der Waals surface area (Å²) < 4.78 is 0. The van der Waals surface area contributed by atoms with E-state index in [4.69, 9.17) is 16.7 Å². The Morgan fingerprint density at radius 1 is 1.75 bits per heavy atom. The lowest BCUT2D eigenvalue weighted by Crippen LogP contribution is -1.73.